The molecule has 0 bridgehead atoms. The number of aryl methyl sites for hydroxylation is 3. The van der Waals surface area contributed by atoms with Crippen molar-refractivity contribution in [2.75, 3.05) is 195 Å². The third kappa shape index (κ3) is 22.9. The summed E-state index contributed by atoms with van der Waals surface area (Å²) in [5.74, 6) is 8.28. The van der Waals surface area contributed by atoms with Crippen molar-refractivity contribution < 1.29 is 85.3 Å². The van der Waals surface area contributed by atoms with Gasteiger partial charge in [0, 0.05) is 91.5 Å². The van der Waals surface area contributed by atoms with Crippen LogP contribution in [0.3, 0.4) is 0 Å². The van der Waals surface area contributed by atoms with E-state index in [4.69, 9.17) is 115 Å². The van der Waals surface area contributed by atoms with Crippen molar-refractivity contribution in [1.29, 1.82) is 0 Å². The van der Waals surface area contributed by atoms with Gasteiger partial charge in [-0.15, -0.1) is 0 Å². The van der Waals surface area contributed by atoms with Gasteiger partial charge in [0.15, 0.2) is 84.4 Å². The van der Waals surface area contributed by atoms with Gasteiger partial charge < -0.3 is 101 Å². The zero-order valence-corrected chi connectivity index (χ0v) is 67.1. The highest BCUT2D eigenvalue weighted by Gasteiger charge is 2.22. The molecule has 0 amide bonds. The van der Waals surface area contributed by atoms with Crippen LogP contribution in [-0.2, 0) is 28.4 Å². The minimum Gasteiger partial charge on any atom is -0.493 e. The molecule has 5 heterocycles. The van der Waals surface area contributed by atoms with Gasteiger partial charge >= 0.3 is 0 Å². The van der Waals surface area contributed by atoms with Crippen LogP contribution in [0.2, 0.25) is 0 Å². The fraction of sp³-hybridized carbons (Fsp3) is 0.400. The highest BCUT2D eigenvalue weighted by Crippen LogP contribution is 2.43. The molecule has 0 aliphatic heterocycles. The van der Waals surface area contributed by atoms with Crippen molar-refractivity contribution in [3.63, 3.8) is 0 Å². The van der Waals surface area contributed by atoms with Gasteiger partial charge in [0.2, 0.25) is 35.7 Å². The van der Waals surface area contributed by atoms with Gasteiger partial charge in [0.1, 0.15) is 19.8 Å². The van der Waals surface area contributed by atoms with Crippen LogP contribution < -0.4 is 88.7 Å². The number of fused-ring (bicyclic) bond motifs is 3. The predicted molar refractivity (Wildman–Crippen MR) is 429 cm³/mol. The topological polar surface area (TPSA) is 354 Å². The minimum atomic E-state index is 0.238. The summed E-state index contributed by atoms with van der Waals surface area (Å²) in [6.45, 7) is 18.6. The molecule has 6 aromatic carbocycles. The molecule has 33 nitrogen and oxygen atoms in total. The van der Waals surface area contributed by atoms with Gasteiger partial charge in [-0.1, -0.05) is 34.0 Å². The fourth-order valence-corrected chi connectivity index (χ4v) is 13.2. The molecule has 11 aromatic rings. The first-order valence-corrected chi connectivity index (χ1v) is 37.7. The number of nitrogens with zero attached hydrogens (tertiary/aromatic N) is 9. The maximum Gasteiger partial charge on any atom is 0.235 e. The summed E-state index contributed by atoms with van der Waals surface area (Å²) in [6.07, 6.45) is 0. The summed E-state index contributed by atoms with van der Waals surface area (Å²) < 4.78 is 104. The molecule has 0 unspecified atom stereocenters. The van der Waals surface area contributed by atoms with Crippen LogP contribution in [0.5, 0.6) is 69.0 Å². The van der Waals surface area contributed by atoms with Crippen LogP contribution in [0.4, 0.5) is 68.1 Å². The molecule has 594 valence electrons. The molecular weight excluding hydrogens is 1500 g/mol. The first kappa shape index (κ1) is 82.7. The number of thiazole rings is 3. The Morgan fingerprint density at radius 1 is 0.243 bits per heavy atom. The second-order valence-corrected chi connectivity index (χ2v) is 26.5. The van der Waals surface area contributed by atoms with Crippen LogP contribution in [0.15, 0.2) is 72.8 Å². The molecule has 0 atom stereocenters. The summed E-state index contributed by atoms with van der Waals surface area (Å²) >= 11 is 4.24. The highest BCUT2D eigenvalue weighted by atomic mass is 32.1. The Hall–Kier alpha value is -10.8. The van der Waals surface area contributed by atoms with Crippen molar-refractivity contribution in [3.05, 3.63) is 89.5 Å². The lowest BCUT2D eigenvalue weighted by Gasteiger charge is -2.18. The van der Waals surface area contributed by atoms with Crippen LogP contribution in [0, 0.1) is 20.8 Å². The number of benzene rings is 6. The number of aromatic nitrogens is 9. The summed E-state index contributed by atoms with van der Waals surface area (Å²) in [7, 11) is 14.3. The van der Waals surface area contributed by atoms with E-state index in [1.807, 2.05) is 114 Å². The maximum absolute atomic E-state index is 6.09. The molecule has 0 fully saturated rings. The van der Waals surface area contributed by atoms with E-state index in [1.165, 1.54) is 34.0 Å². The summed E-state index contributed by atoms with van der Waals surface area (Å²) in [4.78, 5) is 42.4. The summed E-state index contributed by atoms with van der Waals surface area (Å²) in [5.41, 5.74) is 6.83. The fourth-order valence-electron chi connectivity index (χ4n) is 10.6. The van der Waals surface area contributed by atoms with Crippen molar-refractivity contribution in [2.24, 2.45) is 0 Å². The Kier molecular flexibility index (Phi) is 31.1. The Bertz CT molecular complexity index is 4230. The van der Waals surface area contributed by atoms with Crippen molar-refractivity contribution >= 4 is 133 Å². The Morgan fingerprint density at radius 2 is 0.459 bits per heavy atom. The first-order chi connectivity index (χ1) is 54.1. The molecule has 5 aromatic heterocycles. The third-order valence-corrected chi connectivity index (χ3v) is 18.9. The van der Waals surface area contributed by atoms with Gasteiger partial charge in [-0.2, -0.15) is 29.9 Å². The summed E-state index contributed by atoms with van der Waals surface area (Å²) in [6, 6.07) is 22.2. The zero-order valence-electron chi connectivity index (χ0n) is 64.6. The predicted octanol–water partition coefficient (Wildman–Crippen LogP) is 14.3. The molecule has 0 radical (unpaired) electrons. The molecule has 0 aliphatic carbocycles. The van der Waals surface area contributed by atoms with Crippen LogP contribution in [-0.4, -0.2) is 208 Å². The first-order valence-electron chi connectivity index (χ1n) is 35.3. The van der Waals surface area contributed by atoms with Gasteiger partial charge in [0.25, 0.3) is 0 Å². The number of anilines is 12. The second kappa shape index (κ2) is 41.8. The molecule has 6 N–H and O–H groups in total. The van der Waals surface area contributed by atoms with E-state index >= 15 is 0 Å². The van der Waals surface area contributed by atoms with E-state index in [1.54, 1.807) is 64.0 Å². The molecule has 36 heteroatoms. The number of hydrogen-bond acceptors (Lipinski definition) is 36. The van der Waals surface area contributed by atoms with Gasteiger partial charge in [-0.05, 0) is 76.4 Å². The zero-order chi connectivity index (χ0) is 78.6. The smallest absolute Gasteiger partial charge is 0.235 e. The normalized spacial score (nSPS) is 11.1. The number of ether oxygens (including phenoxy) is 18. The van der Waals surface area contributed by atoms with E-state index in [0.29, 0.717) is 201 Å². The lowest BCUT2D eigenvalue weighted by atomic mass is 10.1. The van der Waals surface area contributed by atoms with Crippen molar-refractivity contribution in [1.82, 2.24) is 44.9 Å². The number of hydrogen-bond donors (Lipinski definition) is 6. The largest absolute Gasteiger partial charge is 0.493 e. The summed E-state index contributed by atoms with van der Waals surface area (Å²) in [5, 5.41) is 21.4. The lowest BCUT2D eigenvalue weighted by Crippen LogP contribution is -2.12. The number of nitrogens with one attached hydrogen (secondary N) is 6. The average Bonchev–Trinajstić information content (AvgIpc) is 1.71. The van der Waals surface area contributed by atoms with Crippen molar-refractivity contribution in [2.45, 2.75) is 41.5 Å². The Labute approximate surface area is 654 Å². The lowest BCUT2D eigenvalue weighted by molar-refractivity contribution is 0.0401. The van der Waals surface area contributed by atoms with Gasteiger partial charge in [-0.25, -0.2) is 15.0 Å². The highest BCUT2D eigenvalue weighted by molar-refractivity contribution is 7.23. The van der Waals surface area contributed by atoms with E-state index in [2.05, 4.69) is 46.9 Å². The number of methoxy groups -OCH3 is 9. The van der Waals surface area contributed by atoms with Crippen LogP contribution in [0.25, 0.3) is 30.6 Å². The maximum atomic E-state index is 6.09. The average molecular weight is 1590 g/mol. The van der Waals surface area contributed by atoms with Crippen molar-refractivity contribution in [3.8, 4) is 69.0 Å². The number of rotatable bonds is 45. The molecule has 0 aliphatic rings. The Balaban J connectivity index is 0.000000244. The molecular formula is C75H93N15O18S3. The molecule has 0 saturated heterocycles. The van der Waals surface area contributed by atoms with Crippen LogP contribution >= 0.6 is 34.0 Å². The minimum absolute atomic E-state index is 0.238. The Morgan fingerprint density at radius 3 is 0.703 bits per heavy atom. The van der Waals surface area contributed by atoms with E-state index < -0.39 is 0 Å². The molecule has 0 spiro atoms. The molecule has 11 rings (SSSR count). The molecule has 0 saturated carbocycles. The SMILES string of the molecule is CCOCCOCCOc1cc(Nc2nc(Nc3cc(OCCOCCOCC)c(OC)cc3C)nc(Nc3cc(OCCOCCOCC)c(OC)cc3C)n2)c(C)cc1OC.COc1cc2nc(Nc3nc(Nc4nc5cc(OC)c(OC)cc5s4)nc(Nc4nc5cc(OC)c(OC)cc5s4)n3)sc2cc1OC. The monoisotopic (exact) mass is 1590 g/mol. The van der Waals surface area contributed by atoms with E-state index in [0.717, 1.165) is 47.3 Å². The quantitative estimate of drug-likeness (QED) is 0.0193. The van der Waals surface area contributed by atoms with Gasteiger partial charge in [0.05, 0.1) is 154 Å². The standard InChI is InChI=1S/C45H66N6O12.C30H27N9O6S3/c1-10-55-13-16-58-19-22-61-40-28-34(31(4)25-37(40)52-7)46-43-49-44(47-35-29-41(38(53-8)26-32(35)5)62-23-20-59-17-14-56-11-2)51-45(50-43)48-36-30-42(39(54-9)27-33(36)6)63-24-21-60-18-15-57-12-3;1-40-16-7-13-22(10-19(16)43-4)46-28(31-13)37-25-34-26(38-29-32-14-8-17(41-2)20(44-5)11-23(14)47-29)36-27(35-25)39-30-33-15-9-18(42-3)21(45-6)12-24(15)48-30/h25-30H,10-24H2,1-9H3,(H3,46,47,48,49,50,51);7-12H,1-6H3,(H3,31,32,33,34,35,36,37,38,39). The third-order valence-electron chi connectivity index (χ3n) is 16.1. The van der Waals surface area contributed by atoms with Gasteiger partial charge in [-0.3, -0.25) is 16.0 Å². The van der Waals surface area contributed by atoms with Crippen LogP contribution in [0.1, 0.15) is 37.5 Å². The second-order valence-electron chi connectivity index (χ2n) is 23.4. The van der Waals surface area contributed by atoms with E-state index in [-0.39, 0.29) is 35.7 Å². The van der Waals surface area contributed by atoms with E-state index in [9.17, 15) is 0 Å². The molecule has 111 heavy (non-hydrogen) atoms.